The van der Waals surface area contributed by atoms with Gasteiger partial charge in [0.25, 0.3) is 15.6 Å². The summed E-state index contributed by atoms with van der Waals surface area (Å²) in [6, 6.07) is 10.8. The standard InChI is InChI=1S/C20H17ClFN5O3S3/c21-16-5-6-18(31-16)33(29,30)26-9-7-25(8-10-26)12-13-11-17(28)27-20(23-13)32-19(24-27)14-3-1-2-4-15(14)22/h1-6,11H,7-10,12H2. The van der Waals surface area contributed by atoms with Gasteiger partial charge in [-0.1, -0.05) is 35.1 Å². The van der Waals surface area contributed by atoms with Crippen molar-refractivity contribution in [2.75, 3.05) is 26.2 Å². The first-order valence-electron chi connectivity index (χ1n) is 9.94. The van der Waals surface area contributed by atoms with E-state index in [-0.39, 0.29) is 9.77 Å². The Hall–Kier alpha value is -2.22. The maximum Gasteiger partial charge on any atom is 0.275 e. The van der Waals surface area contributed by atoms with Gasteiger partial charge in [0.05, 0.1) is 10.0 Å². The molecule has 13 heteroatoms. The second kappa shape index (κ2) is 8.85. The van der Waals surface area contributed by atoms with Crippen LogP contribution in [-0.2, 0) is 16.6 Å². The third-order valence-corrected chi connectivity index (χ3v) is 9.80. The van der Waals surface area contributed by atoms with Crippen molar-refractivity contribution in [3.63, 3.8) is 0 Å². The topological polar surface area (TPSA) is 87.9 Å². The Morgan fingerprint density at radius 3 is 2.52 bits per heavy atom. The molecule has 1 fully saturated rings. The molecule has 1 saturated heterocycles. The summed E-state index contributed by atoms with van der Waals surface area (Å²) in [6.07, 6.45) is 0. The Morgan fingerprint density at radius 1 is 1.06 bits per heavy atom. The predicted molar refractivity (Wildman–Crippen MR) is 126 cm³/mol. The van der Waals surface area contributed by atoms with Crippen LogP contribution in [0.25, 0.3) is 15.5 Å². The minimum absolute atomic E-state index is 0.233. The average Bonchev–Trinajstić information content (AvgIpc) is 3.41. The third-order valence-electron chi connectivity index (χ3n) is 5.26. The molecule has 5 rings (SSSR count). The lowest BCUT2D eigenvalue weighted by molar-refractivity contribution is 0.180. The van der Waals surface area contributed by atoms with Crippen LogP contribution in [0, 0.1) is 5.82 Å². The molecule has 1 aliphatic heterocycles. The first kappa shape index (κ1) is 22.6. The number of piperazine rings is 1. The molecule has 0 unspecified atom stereocenters. The Kier molecular flexibility index (Phi) is 6.05. The Bertz CT molecular complexity index is 1490. The van der Waals surface area contributed by atoms with Gasteiger partial charge in [0, 0.05) is 44.4 Å². The van der Waals surface area contributed by atoms with Gasteiger partial charge in [0.2, 0.25) is 4.96 Å². The van der Waals surface area contributed by atoms with E-state index in [1.54, 1.807) is 24.3 Å². The fourth-order valence-electron chi connectivity index (χ4n) is 3.60. The highest BCUT2D eigenvalue weighted by molar-refractivity contribution is 7.91. The van der Waals surface area contributed by atoms with Crippen LogP contribution in [0.15, 0.2) is 51.5 Å². The van der Waals surface area contributed by atoms with Gasteiger partial charge in [-0.05, 0) is 24.3 Å². The molecule has 4 aromatic rings. The minimum Gasteiger partial charge on any atom is -0.295 e. The molecular weight excluding hydrogens is 509 g/mol. The lowest BCUT2D eigenvalue weighted by Gasteiger charge is -2.33. The van der Waals surface area contributed by atoms with Crippen molar-refractivity contribution in [1.29, 1.82) is 0 Å². The first-order chi connectivity index (χ1) is 15.8. The van der Waals surface area contributed by atoms with E-state index >= 15 is 0 Å². The number of rotatable bonds is 5. The van der Waals surface area contributed by atoms with Gasteiger partial charge in [-0.2, -0.15) is 13.9 Å². The highest BCUT2D eigenvalue weighted by Gasteiger charge is 2.30. The smallest absolute Gasteiger partial charge is 0.275 e. The molecule has 0 amide bonds. The molecule has 3 aromatic heterocycles. The van der Waals surface area contributed by atoms with Crippen molar-refractivity contribution in [3.05, 3.63) is 68.7 Å². The Labute approximate surface area is 201 Å². The zero-order valence-corrected chi connectivity index (χ0v) is 20.2. The maximum atomic E-state index is 14.1. The van der Waals surface area contributed by atoms with E-state index in [1.807, 2.05) is 4.90 Å². The van der Waals surface area contributed by atoms with Gasteiger partial charge in [0.15, 0.2) is 5.01 Å². The predicted octanol–water partition coefficient (Wildman–Crippen LogP) is 3.18. The molecule has 0 radical (unpaired) electrons. The number of nitrogens with zero attached hydrogens (tertiary/aromatic N) is 5. The van der Waals surface area contributed by atoms with Gasteiger partial charge < -0.3 is 0 Å². The molecular formula is C20H17ClFN5O3S3. The van der Waals surface area contributed by atoms with Gasteiger partial charge in [-0.3, -0.25) is 9.69 Å². The van der Waals surface area contributed by atoms with Gasteiger partial charge in [0.1, 0.15) is 10.0 Å². The molecule has 0 saturated carbocycles. The molecule has 0 spiro atoms. The van der Waals surface area contributed by atoms with Crippen LogP contribution in [0.1, 0.15) is 5.69 Å². The summed E-state index contributed by atoms with van der Waals surface area (Å²) in [6.45, 7) is 2.07. The second-order valence-corrected chi connectivity index (χ2v) is 12.2. The summed E-state index contributed by atoms with van der Waals surface area (Å²) in [7, 11) is -3.57. The number of hydrogen-bond donors (Lipinski definition) is 0. The number of fused-ring (bicyclic) bond motifs is 1. The van der Waals surface area contributed by atoms with Crippen molar-refractivity contribution in [3.8, 4) is 10.6 Å². The van der Waals surface area contributed by atoms with E-state index in [0.29, 0.717) is 58.3 Å². The number of benzene rings is 1. The summed E-state index contributed by atoms with van der Waals surface area (Å²) >= 11 is 8.07. The van der Waals surface area contributed by atoms with Gasteiger partial charge in [-0.15, -0.1) is 11.3 Å². The Balaban J connectivity index is 1.31. The third kappa shape index (κ3) is 4.46. The number of hydrogen-bond acceptors (Lipinski definition) is 8. The van der Waals surface area contributed by atoms with E-state index in [9.17, 15) is 17.6 Å². The van der Waals surface area contributed by atoms with Crippen LogP contribution in [0.5, 0.6) is 0 Å². The maximum absolute atomic E-state index is 14.1. The van der Waals surface area contributed by atoms with E-state index in [2.05, 4.69) is 10.1 Å². The number of aromatic nitrogens is 3. The number of thiophene rings is 1. The van der Waals surface area contributed by atoms with Crippen LogP contribution in [-0.4, -0.2) is 58.4 Å². The van der Waals surface area contributed by atoms with Crippen molar-refractivity contribution >= 4 is 49.3 Å². The number of sulfonamides is 1. The zero-order chi connectivity index (χ0) is 23.2. The van der Waals surface area contributed by atoms with Crippen molar-refractivity contribution in [2.24, 2.45) is 0 Å². The molecule has 4 heterocycles. The fourth-order valence-corrected chi connectivity index (χ4v) is 7.61. The molecule has 1 aliphatic rings. The first-order valence-corrected chi connectivity index (χ1v) is 13.4. The van der Waals surface area contributed by atoms with E-state index < -0.39 is 15.8 Å². The molecule has 8 nitrogen and oxygen atoms in total. The monoisotopic (exact) mass is 525 g/mol. The molecule has 33 heavy (non-hydrogen) atoms. The van der Waals surface area contributed by atoms with Crippen LogP contribution in [0.2, 0.25) is 4.34 Å². The molecule has 0 bridgehead atoms. The normalized spacial score (nSPS) is 15.9. The van der Waals surface area contributed by atoms with Crippen LogP contribution < -0.4 is 5.56 Å². The summed E-state index contributed by atoms with van der Waals surface area (Å²) in [4.78, 5) is 19.5. The summed E-state index contributed by atoms with van der Waals surface area (Å²) in [5.41, 5.74) is 0.535. The average molecular weight is 526 g/mol. The van der Waals surface area contributed by atoms with E-state index in [0.717, 1.165) is 22.7 Å². The fraction of sp³-hybridized carbons (Fsp3) is 0.250. The molecule has 1 aromatic carbocycles. The molecule has 0 atom stereocenters. The molecule has 172 valence electrons. The largest absolute Gasteiger partial charge is 0.295 e. The quantitative estimate of drug-likeness (QED) is 0.398. The van der Waals surface area contributed by atoms with Crippen molar-refractivity contribution in [2.45, 2.75) is 10.8 Å². The summed E-state index contributed by atoms with van der Waals surface area (Å²) in [5.74, 6) is -0.414. The Morgan fingerprint density at radius 2 is 1.82 bits per heavy atom. The SMILES string of the molecule is O=c1cc(CN2CCN(S(=O)(=O)c3ccc(Cl)s3)CC2)nc2sc(-c3ccccc3F)nn12. The summed E-state index contributed by atoms with van der Waals surface area (Å²) in [5, 5.41) is 4.60. The highest BCUT2D eigenvalue weighted by atomic mass is 35.5. The van der Waals surface area contributed by atoms with Crippen LogP contribution >= 0.6 is 34.3 Å². The molecule has 0 N–H and O–H groups in total. The van der Waals surface area contributed by atoms with E-state index in [1.165, 1.54) is 27.0 Å². The minimum atomic E-state index is -3.57. The van der Waals surface area contributed by atoms with Crippen molar-refractivity contribution in [1.82, 2.24) is 23.8 Å². The lowest BCUT2D eigenvalue weighted by Crippen LogP contribution is -2.48. The lowest BCUT2D eigenvalue weighted by atomic mass is 10.2. The van der Waals surface area contributed by atoms with Gasteiger partial charge in [-0.25, -0.2) is 17.8 Å². The second-order valence-electron chi connectivity index (χ2n) is 7.41. The van der Waals surface area contributed by atoms with Crippen LogP contribution in [0.3, 0.4) is 0 Å². The zero-order valence-electron chi connectivity index (χ0n) is 17.0. The van der Waals surface area contributed by atoms with Gasteiger partial charge >= 0.3 is 0 Å². The van der Waals surface area contributed by atoms with Crippen molar-refractivity contribution < 1.29 is 12.8 Å². The molecule has 0 aliphatic carbocycles. The highest BCUT2D eigenvalue weighted by Crippen LogP contribution is 2.29. The van der Waals surface area contributed by atoms with E-state index in [4.69, 9.17) is 11.6 Å². The number of halogens is 2. The summed E-state index contributed by atoms with van der Waals surface area (Å²) < 4.78 is 42.9. The van der Waals surface area contributed by atoms with Crippen LogP contribution in [0.4, 0.5) is 4.39 Å².